The molecule has 20 heavy (non-hydrogen) atoms. The van der Waals surface area contributed by atoms with E-state index in [1.54, 1.807) is 18.1 Å². The fourth-order valence-corrected chi connectivity index (χ4v) is 2.69. The van der Waals surface area contributed by atoms with E-state index in [0.29, 0.717) is 18.0 Å². The van der Waals surface area contributed by atoms with Gasteiger partial charge in [0.2, 0.25) is 0 Å². The minimum atomic E-state index is 0.0256. The summed E-state index contributed by atoms with van der Waals surface area (Å²) in [6, 6.07) is 9.36. The first-order chi connectivity index (χ1) is 9.63. The Balaban J connectivity index is 2.11. The van der Waals surface area contributed by atoms with Crippen LogP contribution in [-0.2, 0) is 6.54 Å². The number of nitrogens with zero attached hydrogens (tertiary/aromatic N) is 1. The lowest BCUT2D eigenvalue weighted by Gasteiger charge is -2.20. The zero-order valence-corrected chi connectivity index (χ0v) is 12.4. The monoisotopic (exact) mass is 290 g/mol. The minimum Gasteiger partial charge on any atom is -0.496 e. The Kier molecular flexibility index (Phi) is 4.63. The van der Waals surface area contributed by atoms with Crippen molar-refractivity contribution in [1.82, 2.24) is 4.90 Å². The molecule has 106 valence electrons. The molecule has 0 bridgehead atoms. The smallest absolute Gasteiger partial charge is 0.264 e. The summed E-state index contributed by atoms with van der Waals surface area (Å²) < 4.78 is 5.12. The van der Waals surface area contributed by atoms with Crippen LogP contribution in [0.2, 0.25) is 0 Å². The molecular formula is C15H18N2O2S. The number of hydrogen-bond donors (Lipinski definition) is 1. The summed E-state index contributed by atoms with van der Waals surface area (Å²) in [6.45, 7) is 3.21. The van der Waals surface area contributed by atoms with E-state index in [9.17, 15) is 4.79 Å². The van der Waals surface area contributed by atoms with Gasteiger partial charge in [0, 0.05) is 30.2 Å². The maximum Gasteiger partial charge on any atom is 0.264 e. The lowest BCUT2D eigenvalue weighted by molar-refractivity contribution is 0.0757. The van der Waals surface area contributed by atoms with Crippen LogP contribution in [0.25, 0.3) is 0 Å². The first-order valence-electron chi connectivity index (χ1n) is 6.40. The highest BCUT2D eigenvalue weighted by molar-refractivity contribution is 7.12. The lowest BCUT2D eigenvalue weighted by Crippen LogP contribution is -2.29. The fraction of sp³-hybridized carbons (Fsp3) is 0.267. The van der Waals surface area contributed by atoms with Gasteiger partial charge in [0.25, 0.3) is 5.91 Å². The first-order valence-corrected chi connectivity index (χ1v) is 7.28. The molecule has 0 fully saturated rings. The molecule has 2 aromatic rings. The Bertz CT molecular complexity index is 578. The average molecular weight is 290 g/mol. The molecular weight excluding hydrogens is 272 g/mol. The van der Waals surface area contributed by atoms with E-state index in [2.05, 4.69) is 0 Å². The largest absolute Gasteiger partial charge is 0.496 e. The predicted molar refractivity (Wildman–Crippen MR) is 82.1 cm³/mol. The molecule has 5 heteroatoms. The van der Waals surface area contributed by atoms with Gasteiger partial charge in [-0.1, -0.05) is 12.1 Å². The van der Waals surface area contributed by atoms with Gasteiger partial charge in [-0.15, -0.1) is 11.3 Å². The maximum atomic E-state index is 12.4. The van der Waals surface area contributed by atoms with Gasteiger partial charge in [0.05, 0.1) is 12.0 Å². The molecule has 0 aliphatic rings. The highest BCUT2D eigenvalue weighted by Gasteiger charge is 2.16. The third-order valence-electron chi connectivity index (χ3n) is 3.04. The second-order valence-electron chi connectivity index (χ2n) is 4.41. The number of benzene rings is 1. The second kappa shape index (κ2) is 6.43. The normalized spacial score (nSPS) is 10.3. The number of carbonyl (C=O) groups excluding carboxylic acids is 1. The molecule has 1 aromatic carbocycles. The molecule has 1 amide bonds. The van der Waals surface area contributed by atoms with E-state index < -0.39 is 0 Å². The molecule has 0 aliphatic heterocycles. The molecule has 4 nitrogen and oxygen atoms in total. The minimum absolute atomic E-state index is 0.0256. The number of methoxy groups -OCH3 is 1. The number of nitrogens with two attached hydrogens (primary N) is 1. The van der Waals surface area contributed by atoms with Crippen molar-refractivity contribution in [1.29, 1.82) is 0 Å². The standard InChI is InChI=1S/C15H18N2O2S/c1-3-17(9-11-4-6-12(16)7-5-11)15(18)14-8-13(19-2)10-20-14/h4-8,10H,3,9,16H2,1-2H3. The number of anilines is 1. The van der Waals surface area contributed by atoms with Gasteiger partial charge in [-0.05, 0) is 24.6 Å². The van der Waals surface area contributed by atoms with Crippen molar-refractivity contribution in [3.63, 3.8) is 0 Å². The zero-order chi connectivity index (χ0) is 14.5. The molecule has 1 aromatic heterocycles. The summed E-state index contributed by atoms with van der Waals surface area (Å²) >= 11 is 1.40. The van der Waals surface area contributed by atoms with Crippen molar-refractivity contribution in [3.8, 4) is 5.75 Å². The van der Waals surface area contributed by atoms with Crippen molar-refractivity contribution in [2.45, 2.75) is 13.5 Å². The number of carbonyl (C=O) groups is 1. The summed E-state index contributed by atoms with van der Waals surface area (Å²) in [7, 11) is 1.60. The number of ether oxygens (including phenoxy) is 1. The highest BCUT2D eigenvalue weighted by atomic mass is 32.1. The molecule has 0 aliphatic carbocycles. The molecule has 0 atom stereocenters. The Hall–Kier alpha value is -2.01. The zero-order valence-electron chi connectivity index (χ0n) is 11.6. The van der Waals surface area contributed by atoms with Crippen LogP contribution in [0.1, 0.15) is 22.2 Å². The fourth-order valence-electron chi connectivity index (χ4n) is 1.86. The van der Waals surface area contributed by atoms with Crippen LogP contribution in [0.3, 0.4) is 0 Å². The summed E-state index contributed by atoms with van der Waals surface area (Å²) in [4.78, 5) is 14.9. The quantitative estimate of drug-likeness (QED) is 0.861. The third kappa shape index (κ3) is 3.30. The second-order valence-corrected chi connectivity index (χ2v) is 5.32. The molecule has 0 saturated carbocycles. The van der Waals surface area contributed by atoms with E-state index in [1.165, 1.54) is 11.3 Å². The number of hydrogen-bond acceptors (Lipinski definition) is 4. The topological polar surface area (TPSA) is 55.6 Å². The van der Waals surface area contributed by atoms with Crippen LogP contribution >= 0.6 is 11.3 Å². The molecule has 0 radical (unpaired) electrons. The number of thiophene rings is 1. The average Bonchev–Trinajstić information content (AvgIpc) is 2.95. The van der Waals surface area contributed by atoms with Gasteiger partial charge < -0.3 is 15.4 Å². The van der Waals surface area contributed by atoms with Crippen LogP contribution in [0.4, 0.5) is 5.69 Å². The third-order valence-corrected chi connectivity index (χ3v) is 3.94. The molecule has 2 rings (SSSR count). The van der Waals surface area contributed by atoms with Crippen molar-refractivity contribution >= 4 is 22.9 Å². The number of rotatable bonds is 5. The molecule has 0 unspecified atom stereocenters. The maximum absolute atomic E-state index is 12.4. The van der Waals surface area contributed by atoms with Crippen LogP contribution in [0, 0.1) is 0 Å². The summed E-state index contributed by atoms with van der Waals surface area (Å²) in [6.07, 6.45) is 0. The van der Waals surface area contributed by atoms with Gasteiger partial charge in [-0.3, -0.25) is 4.79 Å². The highest BCUT2D eigenvalue weighted by Crippen LogP contribution is 2.23. The molecule has 2 N–H and O–H groups in total. The number of nitrogen functional groups attached to an aromatic ring is 1. The summed E-state index contributed by atoms with van der Waals surface area (Å²) in [5, 5.41) is 1.84. The lowest BCUT2D eigenvalue weighted by atomic mass is 10.2. The molecule has 0 spiro atoms. The van der Waals surface area contributed by atoms with Crippen LogP contribution in [-0.4, -0.2) is 24.5 Å². The summed E-state index contributed by atoms with van der Waals surface area (Å²) in [5.74, 6) is 0.750. The Morgan fingerprint density at radius 1 is 1.35 bits per heavy atom. The van der Waals surface area contributed by atoms with E-state index >= 15 is 0 Å². The van der Waals surface area contributed by atoms with Gasteiger partial charge in [0.1, 0.15) is 5.75 Å². The number of amides is 1. The Labute approximate surface area is 122 Å². The van der Waals surface area contributed by atoms with Crippen LogP contribution < -0.4 is 10.5 Å². The Morgan fingerprint density at radius 3 is 2.60 bits per heavy atom. The van der Waals surface area contributed by atoms with Crippen LogP contribution in [0.15, 0.2) is 35.7 Å². The van der Waals surface area contributed by atoms with Crippen molar-refractivity contribution in [3.05, 3.63) is 46.2 Å². The predicted octanol–water partition coefficient (Wildman–Crippen LogP) is 3.00. The van der Waals surface area contributed by atoms with Crippen LogP contribution in [0.5, 0.6) is 5.75 Å². The van der Waals surface area contributed by atoms with E-state index in [1.807, 2.05) is 36.6 Å². The van der Waals surface area contributed by atoms with Crippen molar-refractivity contribution in [2.75, 3.05) is 19.4 Å². The van der Waals surface area contributed by atoms with Gasteiger partial charge >= 0.3 is 0 Å². The van der Waals surface area contributed by atoms with E-state index in [4.69, 9.17) is 10.5 Å². The Morgan fingerprint density at radius 2 is 2.05 bits per heavy atom. The van der Waals surface area contributed by atoms with Gasteiger partial charge in [-0.25, -0.2) is 0 Å². The van der Waals surface area contributed by atoms with Gasteiger partial charge in [0.15, 0.2) is 0 Å². The van der Waals surface area contributed by atoms with E-state index in [-0.39, 0.29) is 5.91 Å². The molecule has 1 heterocycles. The van der Waals surface area contributed by atoms with E-state index in [0.717, 1.165) is 17.0 Å². The van der Waals surface area contributed by atoms with Crippen molar-refractivity contribution in [2.24, 2.45) is 0 Å². The summed E-state index contributed by atoms with van der Waals surface area (Å²) in [5.41, 5.74) is 7.46. The first kappa shape index (κ1) is 14.4. The van der Waals surface area contributed by atoms with Crippen molar-refractivity contribution < 1.29 is 9.53 Å². The SMILES string of the molecule is CCN(Cc1ccc(N)cc1)C(=O)c1cc(OC)cs1. The van der Waals surface area contributed by atoms with Gasteiger partial charge in [-0.2, -0.15) is 0 Å². The molecule has 0 saturated heterocycles.